The highest BCUT2D eigenvalue weighted by atomic mass is 19.1. The van der Waals surface area contributed by atoms with Gasteiger partial charge in [0.1, 0.15) is 11.6 Å². The van der Waals surface area contributed by atoms with E-state index in [4.69, 9.17) is 4.42 Å². The van der Waals surface area contributed by atoms with Crippen molar-refractivity contribution in [3.63, 3.8) is 0 Å². The van der Waals surface area contributed by atoms with Crippen molar-refractivity contribution in [2.45, 2.75) is 25.3 Å². The quantitative estimate of drug-likeness (QED) is 0.802. The molecule has 5 nitrogen and oxygen atoms in total. The van der Waals surface area contributed by atoms with Gasteiger partial charge in [-0.15, -0.1) is 0 Å². The van der Waals surface area contributed by atoms with Gasteiger partial charge < -0.3 is 14.3 Å². The molecule has 1 amide bonds. The van der Waals surface area contributed by atoms with Crippen molar-refractivity contribution < 1.29 is 13.6 Å². The molecule has 0 atom stereocenters. The minimum Gasteiger partial charge on any atom is -0.447 e. The molecule has 1 aliphatic carbocycles. The van der Waals surface area contributed by atoms with E-state index in [9.17, 15) is 9.18 Å². The maximum absolute atomic E-state index is 13.3. The normalized spacial score (nSPS) is 14.3. The van der Waals surface area contributed by atoms with Crippen LogP contribution < -0.4 is 0 Å². The molecule has 0 bridgehead atoms. The Morgan fingerprint density at radius 2 is 2.26 bits per heavy atom. The fraction of sp³-hybridized carbons (Fsp3) is 0.294. The molecule has 0 unspecified atom stereocenters. The third kappa shape index (κ3) is 2.60. The van der Waals surface area contributed by atoms with Crippen molar-refractivity contribution >= 4 is 16.8 Å². The molecule has 3 aromatic rings. The van der Waals surface area contributed by atoms with Crippen molar-refractivity contribution in [1.82, 2.24) is 14.9 Å². The van der Waals surface area contributed by atoms with Gasteiger partial charge in [-0.3, -0.25) is 4.79 Å². The highest BCUT2D eigenvalue weighted by molar-refractivity contribution is 5.93. The third-order valence-corrected chi connectivity index (χ3v) is 4.14. The van der Waals surface area contributed by atoms with Gasteiger partial charge in [0.2, 0.25) is 0 Å². The van der Waals surface area contributed by atoms with Crippen molar-refractivity contribution in [1.29, 1.82) is 0 Å². The number of fused-ring (bicyclic) bond motifs is 1. The minimum absolute atomic E-state index is 0.162. The molecular formula is C17H16FN3O2. The predicted octanol–water partition coefficient (Wildman–Crippen LogP) is 3.44. The number of oxazole rings is 1. The Hall–Kier alpha value is -2.63. The summed E-state index contributed by atoms with van der Waals surface area (Å²) in [4.78, 5) is 21.4. The second kappa shape index (κ2) is 5.22. The molecule has 0 spiro atoms. The standard InChI is InChI=1S/C17H16FN3O2/c1-21(17(22)15-16(10-2-3-10)23-9-19-15)8-13-7-11-6-12(18)4-5-14(11)20-13/h4-7,9-10,20H,2-3,8H2,1H3. The molecule has 118 valence electrons. The van der Waals surface area contributed by atoms with Crippen LogP contribution in [0.4, 0.5) is 4.39 Å². The Morgan fingerprint density at radius 1 is 1.43 bits per heavy atom. The van der Waals surface area contributed by atoms with E-state index < -0.39 is 0 Å². The summed E-state index contributed by atoms with van der Waals surface area (Å²) >= 11 is 0. The number of aromatic nitrogens is 2. The summed E-state index contributed by atoms with van der Waals surface area (Å²) in [5.41, 5.74) is 2.09. The van der Waals surface area contributed by atoms with Gasteiger partial charge in [0.25, 0.3) is 5.91 Å². The number of benzene rings is 1. The van der Waals surface area contributed by atoms with E-state index in [2.05, 4.69) is 9.97 Å². The van der Waals surface area contributed by atoms with E-state index in [1.165, 1.54) is 18.5 Å². The van der Waals surface area contributed by atoms with Crippen LogP contribution in [0.1, 0.15) is 40.7 Å². The maximum atomic E-state index is 13.3. The predicted molar refractivity (Wildman–Crippen MR) is 82.5 cm³/mol. The van der Waals surface area contributed by atoms with Crippen LogP contribution in [0.5, 0.6) is 0 Å². The SMILES string of the molecule is CN(Cc1cc2cc(F)ccc2[nH]1)C(=O)c1ncoc1C1CC1. The number of amides is 1. The van der Waals surface area contributed by atoms with Gasteiger partial charge in [0.15, 0.2) is 12.1 Å². The van der Waals surface area contributed by atoms with Gasteiger partial charge in [-0.2, -0.15) is 0 Å². The number of hydrogen-bond donors (Lipinski definition) is 1. The zero-order valence-corrected chi connectivity index (χ0v) is 12.7. The molecule has 4 rings (SSSR count). The largest absolute Gasteiger partial charge is 0.447 e. The molecule has 1 saturated carbocycles. The third-order valence-electron chi connectivity index (χ3n) is 4.14. The summed E-state index contributed by atoms with van der Waals surface area (Å²) in [6, 6.07) is 6.43. The summed E-state index contributed by atoms with van der Waals surface area (Å²) in [5.74, 6) is 0.594. The first-order valence-corrected chi connectivity index (χ1v) is 7.58. The fourth-order valence-electron chi connectivity index (χ4n) is 2.81. The summed E-state index contributed by atoms with van der Waals surface area (Å²) in [6.45, 7) is 0.395. The zero-order chi connectivity index (χ0) is 16.0. The lowest BCUT2D eigenvalue weighted by Gasteiger charge is -2.15. The van der Waals surface area contributed by atoms with Gasteiger partial charge in [-0.25, -0.2) is 9.37 Å². The van der Waals surface area contributed by atoms with Crippen LogP contribution in [0, 0.1) is 5.82 Å². The molecule has 1 aromatic carbocycles. The number of H-pyrrole nitrogens is 1. The number of nitrogens with one attached hydrogen (secondary N) is 1. The van der Waals surface area contributed by atoms with E-state index in [0.717, 1.165) is 29.4 Å². The lowest BCUT2D eigenvalue weighted by Crippen LogP contribution is -2.27. The average molecular weight is 313 g/mol. The second-order valence-electron chi connectivity index (χ2n) is 6.03. The molecule has 0 aliphatic heterocycles. The van der Waals surface area contributed by atoms with E-state index >= 15 is 0 Å². The minimum atomic E-state index is -0.274. The Bertz CT molecular complexity index is 879. The number of aromatic amines is 1. The molecule has 0 radical (unpaired) electrons. The molecule has 2 heterocycles. The van der Waals surface area contributed by atoms with Gasteiger partial charge in [0, 0.05) is 29.6 Å². The monoisotopic (exact) mass is 313 g/mol. The molecule has 1 N–H and O–H groups in total. The van der Waals surface area contributed by atoms with Crippen LogP contribution in [0.3, 0.4) is 0 Å². The highest BCUT2D eigenvalue weighted by Gasteiger charge is 2.33. The van der Waals surface area contributed by atoms with Gasteiger partial charge in [0.05, 0.1) is 6.54 Å². The van der Waals surface area contributed by atoms with E-state index in [-0.39, 0.29) is 11.7 Å². The van der Waals surface area contributed by atoms with Crippen molar-refractivity contribution in [3.8, 4) is 0 Å². The molecule has 2 aromatic heterocycles. The summed E-state index contributed by atoms with van der Waals surface area (Å²) < 4.78 is 18.6. The van der Waals surface area contributed by atoms with Crippen LogP contribution in [-0.2, 0) is 6.54 Å². The molecular weight excluding hydrogens is 297 g/mol. The van der Waals surface area contributed by atoms with Crippen molar-refractivity contribution in [2.75, 3.05) is 7.05 Å². The van der Waals surface area contributed by atoms with Crippen LogP contribution in [0.2, 0.25) is 0 Å². The molecule has 6 heteroatoms. The van der Waals surface area contributed by atoms with E-state index in [1.807, 2.05) is 6.07 Å². The van der Waals surface area contributed by atoms with E-state index in [0.29, 0.717) is 23.9 Å². The molecule has 0 saturated heterocycles. The van der Waals surface area contributed by atoms with Crippen LogP contribution in [-0.4, -0.2) is 27.8 Å². The number of carbonyl (C=O) groups excluding carboxylic acids is 1. The first-order chi connectivity index (χ1) is 11.1. The van der Waals surface area contributed by atoms with Gasteiger partial charge in [-0.05, 0) is 37.1 Å². The lowest BCUT2D eigenvalue weighted by atomic mass is 10.2. The number of nitrogens with zero attached hydrogens (tertiary/aromatic N) is 2. The van der Waals surface area contributed by atoms with E-state index in [1.54, 1.807) is 18.0 Å². The lowest BCUT2D eigenvalue weighted by molar-refractivity contribution is 0.0776. The number of carbonyl (C=O) groups is 1. The first kappa shape index (κ1) is 14.0. The fourth-order valence-corrected chi connectivity index (χ4v) is 2.81. The maximum Gasteiger partial charge on any atom is 0.276 e. The van der Waals surface area contributed by atoms with Crippen LogP contribution >= 0.6 is 0 Å². The molecule has 1 fully saturated rings. The zero-order valence-electron chi connectivity index (χ0n) is 12.7. The Morgan fingerprint density at radius 3 is 3.04 bits per heavy atom. The Balaban J connectivity index is 1.54. The summed E-state index contributed by atoms with van der Waals surface area (Å²) in [5, 5.41) is 0.793. The average Bonchev–Trinajstić information content (AvgIpc) is 3.12. The van der Waals surface area contributed by atoms with Crippen LogP contribution in [0.15, 0.2) is 35.1 Å². The number of hydrogen-bond acceptors (Lipinski definition) is 3. The topological polar surface area (TPSA) is 62.1 Å². The van der Waals surface area contributed by atoms with Crippen LogP contribution in [0.25, 0.3) is 10.9 Å². The second-order valence-corrected chi connectivity index (χ2v) is 6.03. The Kier molecular flexibility index (Phi) is 3.18. The number of rotatable bonds is 4. The summed E-state index contributed by atoms with van der Waals surface area (Å²) in [7, 11) is 1.72. The highest BCUT2D eigenvalue weighted by Crippen LogP contribution is 2.41. The Labute approximate surface area is 132 Å². The first-order valence-electron chi connectivity index (χ1n) is 7.58. The number of halogens is 1. The molecule has 23 heavy (non-hydrogen) atoms. The van der Waals surface area contributed by atoms with Crippen molar-refractivity contribution in [3.05, 3.63) is 53.6 Å². The van der Waals surface area contributed by atoms with Gasteiger partial charge >= 0.3 is 0 Å². The van der Waals surface area contributed by atoms with Gasteiger partial charge in [-0.1, -0.05) is 0 Å². The molecule has 1 aliphatic rings. The smallest absolute Gasteiger partial charge is 0.276 e. The summed E-state index contributed by atoms with van der Waals surface area (Å²) in [6.07, 6.45) is 3.43. The van der Waals surface area contributed by atoms with Crippen molar-refractivity contribution in [2.24, 2.45) is 0 Å².